The van der Waals surface area contributed by atoms with Crippen molar-refractivity contribution in [2.75, 3.05) is 27.4 Å². The van der Waals surface area contributed by atoms with Crippen LogP contribution in [0.2, 0.25) is 5.02 Å². The SMILES string of the molecule is C=CCc1ccc(OCCOc2ccc(Cl)cc2C=C2SC(=S)N(C)C2=O)c(OC)c1. The first-order valence-corrected chi connectivity index (χ1v) is 11.1. The van der Waals surface area contributed by atoms with Crippen LogP contribution in [0.1, 0.15) is 11.1 Å². The number of carbonyl (C=O) groups excluding carboxylic acids is 1. The smallest absolute Gasteiger partial charge is 0.265 e. The van der Waals surface area contributed by atoms with Gasteiger partial charge >= 0.3 is 0 Å². The summed E-state index contributed by atoms with van der Waals surface area (Å²) < 4.78 is 17.7. The predicted molar refractivity (Wildman–Crippen MR) is 130 cm³/mol. The number of hydrogen-bond acceptors (Lipinski definition) is 6. The molecule has 0 saturated carbocycles. The zero-order valence-corrected chi connectivity index (χ0v) is 19.6. The van der Waals surface area contributed by atoms with E-state index in [2.05, 4.69) is 6.58 Å². The molecule has 0 radical (unpaired) electrons. The summed E-state index contributed by atoms with van der Waals surface area (Å²) in [6.07, 6.45) is 4.34. The van der Waals surface area contributed by atoms with Gasteiger partial charge < -0.3 is 14.2 Å². The van der Waals surface area contributed by atoms with Crippen LogP contribution in [0.15, 0.2) is 54.0 Å². The molecule has 1 heterocycles. The van der Waals surface area contributed by atoms with E-state index in [1.807, 2.05) is 24.3 Å². The molecule has 1 saturated heterocycles. The number of amides is 1. The Morgan fingerprint density at radius 2 is 1.84 bits per heavy atom. The van der Waals surface area contributed by atoms with Crippen LogP contribution in [-0.2, 0) is 11.2 Å². The molecule has 1 fully saturated rings. The minimum absolute atomic E-state index is 0.142. The van der Waals surface area contributed by atoms with Gasteiger partial charge in [0.05, 0.1) is 12.0 Å². The fourth-order valence-electron chi connectivity index (χ4n) is 2.88. The quantitative estimate of drug-likeness (QED) is 0.210. The topological polar surface area (TPSA) is 48.0 Å². The first-order valence-electron chi connectivity index (χ1n) is 9.47. The van der Waals surface area contributed by atoms with Gasteiger partial charge in [-0.15, -0.1) is 6.58 Å². The van der Waals surface area contributed by atoms with Crippen molar-refractivity contribution in [2.24, 2.45) is 0 Å². The van der Waals surface area contributed by atoms with E-state index in [0.717, 1.165) is 12.0 Å². The van der Waals surface area contributed by atoms with Crippen LogP contribution in [-0.4, -0.2) is 42.5 Å². The van der Waals surface area contributed by atoms with Crippen LogP contribution in [0, 0.1) is 0 Å². The van der Waals surface area contributed by atoms with Crippen LogP contribution < -0.4 is 14.2 Å². The lowest BCUT2D eigenvalue weighted by Crippen LogP contribution is -2.22. The minimum atomic E-state index is -0.142. The lowest BCUT2D eigenvalue weighted by atomic mass is 10.1. The Morgan fingerprint density at radius 3 is 2.48 bits per heavy atom. The van der Waals surface area contributed by atoms with E-state index in [9.17, 15) is 4.79 Å². The van der Waals surface area contributed by atoms with Crippen molar-refractivity contribution in [1.82, 2.24) is 4.90 Å². The van der Waals surface area contributed by atoms with Crippen molar-refractivity contribution in [3.05, 3.63) is 70.1 Å². The van der Waals surface area contributed by atoms with E-state index in [0.29, 0.717) is 50.3 Å². The number of methoxy groups -OCH3 is 1. The van der Waals surface area contributed by atoms with E-state index in [-0.39, 0.29) is 5.91 Å². The molecule has 31 heavy (non-hydrogen) atoms. The van der Waals surface area contributed by atoms with Gasteiger partial charge in [-0.05, 0) is 48.4 Å². The maximum absolute atomic E-state index is 12.3. The molecule has 0 unspecified atom stereocenters. The standard InChI is InChI=1S/C23H22ClNO4S2/c1-4-5-15-6-8-19(20(12-15)27-3)29-11-10-28-18-9-7-17(24)13-16(18)14-21-22(26)25(2)23(30)31-21/h4,6-9,12-14H,1,5,10-11H2,2-3H3. The average Bonchev–Trinajstić information content (AvgIpc) is 2.99. The molecule has 3 rings (SSSR count). The zero-order chi connectivity index (χ0) is 22.4. The number of likely N-dealkylation sites (N-methyl/N-ethyl adjacent to an activating group) is 1. The van der Waals surface area contributed by atoms with Crippen molar-refractivity contribution >= 4 is 51.9 Å². The normalized spacial score (nSPS) is 14.8. The van der Waals surface area contributed by atoms with Crippen LogP contribution in [0.25, 0.3) is 6.08 Å². The Bertz CT molecular complexity index is 1040. The summed E-state index contributed by atoms with van der Waals surface area (Å²) in [7, 11) is 3.26. The maximum atomic E-state index is 12.3. The third-order valence-corrected chi connectivity index (χ3v) is 6.17. The van der Waals surface area contributed by atoms with Gasteiger partial charge in [-0.1, -0.05) is 47.7 Å². The first kappa shape index (κ1) is 23.2. The van der Waals surface area contributed by atoms with Gasteiger partial charge in [-0.2, -0.15) is 0 Å². The molecule has 1 aliphatic rings. The number of ether oxygens (including phenoxy) is 3. The molecule has 2 aromatic rings. The highest BCUT2D eigenvalue weighted by Gasteiger charge is 2.29. The number of thiocarbonyl (C=S) groups is 1. The molecule has 162 valence electrons. The molecule has 0 N–H and O–H groups in total. The summed E-state index contributed by atoms with van der Waals surface area (Å²) in [6, 6.07) is 11.0. The third-order valence-electron chi connectivity index (χ3n) is 4.45. The molecule has 0 spiro atoms. The molecular weight excluding hydrogens is 454 g/mol. The second kappa shape index (κ2) is 10.7. The van der Waals surface area contributed by atoms with Crippen molar-refractivity contribution in [3.63, 3.8) is 0 Å². The largest absolute Gasteiger partial charge is 0.493 e. The highest BCUT2D eigenvalue weighted by molar-refractivity contribution is 8.26. The molecule has 0 bridgehead atoms. The Hall–Kier alpha value is -2.48. The number of benzene rings is 2. The van der Waals surface area contributed by atoms with E-state index in [4.69, 9.17) is 38.0 Å². The number of thioether (sulfide) groups is 1. The number of hydrogen-bond donors (Lipinski definition) is 0. The van der Waals surface area contributed by atoms with Crippen molar-refractivity contribution in [1.29, 1.82) is 0 Å². The Balaban J connectivity index is 1.66. The second-order valence-corrected chi connectivity index (χ2v) is 8.71. The summed E-state index contributed by atoms with van der Waals surface area (Å²) >= 11 is 12.6. The number of nitrogens with zero attached hydrogens (tertiary/aromatic N) is 1. The molecule has 0 atom stereocenters. The summed E-state index contributed by atoms with van der Waals surface area (Å²) in [5.74, 6) is 1.76. The van der Waals surface area contributed by atoms with E-state index in [1.54, 1.807) is 38.4 Å². The summed E-state index contributed by atoms with van der Waals surface area (Å²) in [6.45, 7) is 4.37. The molecule has 0 aliphatic carbocycles. The lowest BCUT2D eigenvalue weighted by Gasteiger charge is -2.13. The molecule has 1 aliphatic heterocycles. The van der Waals surface area contributed by atoms with Crippen molar-refractivity contribution in [2.45, 2.75) is 6.42 Å². The highest BCUT2D eigenvalue weighted by atomic mass is 35.5. The summed E-state index contributed by atoms with van der Waals surface area (Å²) in [4.78, 5) is 14.3. The summed E-state index contributed by atoms with van der Waals surface area (Å²) in [5.41, 5.74) is 1.80. The Kier molecular flexibility index (Phi) is 8.01. The van der Waals surface area contributed by atoms with Crippen molar-refractivity contribution < 1.29 is 19.0 Å². The maximum Gasteiger partial charge on any atom is 0.265 e. The van der Waals surface area contributed by atoms with Gasteiger partial charge in [0.25, 0.3) is 5.91 Å². The highest BCUT2D eigenvalue weighted by Crippen LogP contribution is 2.34. The van der Waals surface area contributed by atoms with Gasteiger partial charge in [0.2, 0.25) is 0 Å². The Morgan fingerprint density at radius 1 is 1.13 bits per heavy atom. The van der Waals surface area contributed by atoms with Crippen LogP contribution in [0.3, 0.4) is 0 Å². The molecule has 8 heteroatoms. The Labute approximate surface area is 196 Å². The second-order valence-electron chi connectivity index (χ2n) is 6.60. The molecular formula is C23H22ClNO4S2. The average molecular weight is 476 g/mol. The van der Waals surface area contributed by atoms with Crippen LogP contribution in [0.5, 0.6) is 17.2 Å². The number of rotatable bonds is 9. The van der Waals surface area contributed by atoms with E-state index < -0.39 is 0 Å². The molecule has 2 aromatic carbocycles. The monoisotopic (exact) mass is 475 g/mol. The first-order chi connectivity index (χ1) is 14.9. The van der Waals surface area contributed by atoms with Crippen LogP contribution >= 0.6 is 35.6 Å². The van der Waals surface area contributed by atoms with E-state index >= 15 is 0 Å². The van der Waals surface area contributed by atoms with E-state index in [1.165, 1.54) is 16.7 Å². The number of halogens is 1. The number of carbonyl (C=O) groups is 1. The van der Waals surface area contributed by atoms with Gasteiger partial charge in [-0.25, -0.2) is 0 Å². The third kappa shape index (κ3) is 5.81. The molecule has 0 aromatic heterocycles. The predicted octanol–water partition coefficient (Wildman–Crippen LogP) is 5.37. The fourth-order valence-corrected chi connectivity index (χ4v) is 4.23. The van der Waals surface area contributed by atoms with Gasteiger partial charge in [0.15, 0.2) is 11.5 Å². The van der Waals surface area contributed by atoms with Crippen molar-refractivity contribution in [3.8, 4) is 17.2 Å². The molecule has 5 nitrogen and oxygen atoms in total. The van der Waals surface area contributed by atoms with Crippen LogP contribution in [0.4, 0.5) is 0 Å². The van der Waals surface area contributed by atoms with Gasteiger partial charge in [0.1, 0.15) is 23.3 Å². The minimum Gasteiger partial charge on any atom is -0.493 e. The fraction of sp³-hybridized carbons (Fsp3) is 0.217. The number of allylic oxidation sites excluding steroid dienone is 1. The van der Waals surface area contributed by atoms with Gasteiger partial charge in [-0.3, -0.25) is 9.69 Å². The zero-order valence-electron chi connectivity index (χ0n) is 17.2. The molecule has 1 amide bonds. The van der Waals surface area contributed by atoms with Gasteiger partial charge in [0, 0.05) is 17.6 Å². The summed E-state index contributed by atoms with van der Waals surface area (Å²) in [5, 5.41) is 0.547. The lowest BCUT2D eigenvalue weighted by molar-refractivity contribution is -0.121.